The molecule has 4 nitrogen and oxygen atoms in total. The van der Waals surface area contributed by atoms with E-state index in [1.807, 2.05) is 0 Å². The smallest absolute Gasteiger partial charge is 0.252 e. The molecular formula is C84H53BN4. The van der Waals surface area contributed by atoms with Crippen LogP contribution in [0.15, 0.2) is 322 Å². The predicted octanol–water partition coefficient (Wildman–Crippen LogP) is 20.3. The highest BCUT2D eigenvalue weighted by Gasteiger charge is 2.44. The Morgan fingerprint density at radius 2 is 0.618 bits per heavy atom. The Hall–Kier alpha value is -11.7. The van der Waals surface area contributed by atoms with Crippen LogP contribution in [0.2, 0.25) is 0 Å². The zero-order valence-electron chi connectivity index (χ0n) is 48.5. The average Bonchev–Trinajstić information content (AvgIpc) is 0.708. The highest BCUT2D eigenvalue weighted by molar-refractivity contribution is 7.00. The fourth-order valence-corrected chi connectivity index (χ4v) is 14.3. The molecule has 0 amide bonds. The van der Waals surface area contributed by atoms with Gasteiger partial charge in [0.25, 0.3) is 6.71 Å². The number of nitrogens with zero attached hydrogens (tertiary/aromatic N) is 4. The van der Waals surface area contributed by atoms with Crippen LogP contribution < -0.4 is 26.2 Å². The third kappa shape index (κ3) is 8.46. The van der Waals surface area contributed by atoms with Crippen LogP contribution in [0.25, 0.3) is 121 Å². The quantitative estimate of drug-likeness (QED) is 0.112. The van der Waals surface area contributed by atoms with Crippen molar-refractivity contribution in [3.8, 4) is 67.2 Å². The second-order valence-electron chi connectivity index (χ2n) is 23.6. The molecule has 0 saturated heterocycles. The van der Waals surface area contributed by atoms with Gasteiger partial charge in [-0.25, -0.2) is 9.97 Å². The minimum absolute atomic E-state index is 0.180. The molecule has 0 aliphatic carbocycles. The van der Waals surface area contributed by atoms with E-state index in [1.165, 1.54) is 70.6 Å². The first-order valence-corrected chi connectivity index (χ1v) is 30.6. The molecule has 16 aromatic rings. The zero-order valence-corrected chi connectivity index (χ0v) is 48.5. The normalized spacial score (nSPS) is 12.4. The van der Waals surface area contributed by atoms with Gasteiger partial charge in [0.1, 0.15) is 0 Å². The summed E-state index contributed by atoms with van der Waals surface area (Å²) in [6.45, 7) is -0.180. The van der Waals surface area contributed by atoms with Crippen LogP contribution in [0.1, 0.15) is 0 Å². The van der Waals surface area contributed by atoms with Gasteiger partial charge >= 0.3 is 0 Å². The predicted molar refractivity (Wildman–Crippen MR) is 376 cm³/mol. The molecule has 2 aliphatic rings. The summed E-state index contributed by atoms with van der Waals surface area (Å²) in [5, 5.41) is 10.8. The van der Waals surface area contributed by atoms with Gasteiger partial charge in [-0.3, -0.25) is 0 Å². The Kier molecular flexibility index (Phi) is 11.7. The minimum Gasteiger partial charge on any atom is -0.311 e. The van der Waals surface area contributed by atoms with E-state index in [0.717, 1.165) is 95.2 Å². The Balaban J connectivity index is 0.955. The molecule has 0 spiro atoms. The summed E-state index contributed by atoms with van der Waals surface area (Å²) in [5.74, 6) is 0.660. The third-order valence-electron chi connectivity index (χ3n) is 18.5. The molecule has 0 N–H and O–H groups in total. The standard InChI is InChI=1S/C84H53BN4/c1-5-19-54(20-6-1)58-37-41-68(42-38-58)88-78-48-62-35-33-60-27-13-15-29-70(60)73(62)52-75(78)85-76-53-74-63(36-34-61-28-14-16-30-71(61)74)49-79(76)89(69-43-39-59(40-44-69)55-21-7-2-8-22-55)81-51-66(50-80(88)82(81)85)83-72-31-17-18-32-77(72)86-84(87-83)67-46-64(56-23-9-3-10-24-56)45-65(47-67)57-25-11-4-12-26-57/h1-53H. The van der Waals surface area contributed by atoms with Gasteiger partial charge in [-0.05, 0) is 177 Å². The Morgan fingerprint density at radius 3 is 1.09 bits per heavy atom. The fraction of sp³-hybridized carbons (Fsp3) is 0. The van der Waals surface area contributed by atoms with Gasteiger partial charge in [-0.15, -0.1) is 0 Å². The summed E-state index contributed by atoms with van der Waals surface area (Å²) < 4.78 is 0. The van der Waals surface area contributed by atoms with Gasteiger partial charge in [0.05, 0.1) is 11.2 Å². The number of benzene rings is 15. The summed E-state index contributed by atoms with van der Waals surface area (Å²) >= 11 is 0. The van der Waals surface area contributed by atoms with Crippen LogP contribution in [-0.2, 0) is 0 Å². The van der Waals surface area contributed by atoms with Crippen molar-refractivity contribution < 1.29 is 0 Å². The van der Waals surface area contributed by atoms with Crippen molar-refractivity contribution in [3.63, 3.8) is 0 Å². The monoisotopic (exact) mass is 1130 g/mol. The Labute approximate surface area is 516 Å². The maximum absolute atomic E-state index is 5.84. The summed E-state index contributed by atoms with van der Waals surface area (Å²) in [6, 6.07) is 118. The van der Waals surface area contributed by atoms with Crippen molar-refractivity contribution >= 4 is 111 Å². The summed E-state index contributed by atoms with van der Waals surface area (Å²) in [6.07, 6.45) is 0. The van der Waals surface area contributed by atoms with Crippen molar-refractivity contribution in [3.05, 3.63) is 322 Å². The van der Waals surface area contributed by atoms with Crippen LogP contribution in [0.3, 0.4) is 0 Å². The molecule has 0 unspecified atom stereocenters. The van der Waals surface area contributed by atoms with Crippen LogP contribution in [0, 0.1) is 0 Å². The number of rotatable bonds is 8. The van der Waals surface area contributed by atoms with Gasteiger partial charge in [0.2, 0.25) is 0 Å². The summed E-state index contributed by atoms with van der Waals surface area (Å²) in [4.78, 5) is 16.4. The lowest BCUT2D eigenvalue weighted by molar-refractivity contribution is 1.22. The fourth-order valence-electron chi connectivity index (χ4n) is 14.3. The third-order valence-corrected chi connectivity index (χ3v) is 18.5. The molecule has 0 fully saturated rings. The second-order valence-corrected chi connectivity index (χ2v) is 23.6. The molecule has 0 atom stereocenters. The number of anilines is 6. The SMILES string of the molecule is c1ccc(-c2ccc(N3c4cc5ccc6ccccc6c5cc4B4c5cc6c(ccc7ccccc76)cc5N(c5ccc(-c6ccccc6)cc5)c5cc(-c6nc(-c7cc(-c8ccccc8)cc(-c8ccccc8)c7)nc7ccccc67)cc3c54)cc2)cc1. The van der Waals surface area contributed by atoms with Crippen LogP contribution in [0.5, 0.6) is 0 Å². The lowest BCUT2D eigenvalue weighted by atomic mass is 9.33. The van der Waals surface area contributed by atoms with Crippen LogP contribution in [0.4, 0.5) is 34.1 Å². The van der Waals surface area contributed by atoms with E-state index in [4.69, 9.17) is 9.97 Å². The highest BCUT2D eigenvalue weighted by Crippen LogP contribution is 2.49. The van der Waals surface area contributed by atoms with E-state index < -0.39 is 0 Å². The van der Waals surface area contributed by atoms with Gasteiger partial charge < -0.3 is 9.80 Å². The lowest BCUT2D eigenvalue weighted by Crippen LogP contribution is -2.61. The van der Waals surface area contributed by atoms with Gasteiger partial charge in [0.15, 0.2) is 5.82 Å². The number of aromatic nitrogens is 2. The first kappa shape index (κ1) is 50.6. The molecule has 18 rings (SSSR count). The summed E-state index contributed by atoms with van der Waals surface area (Å²) in [7, 11) is 0. The second kappa shape index (κ2) is 20.5. The molecule has 15 aromatic carbocycles. The largest absolute Gasteiger partial charge is 0.311 e. The Bertz CT molecular complexity index is 5190. The van der Waals surface area contributed by atoms with E-state index in [-0.39, 0.29) is 6.71 Å². The van der Waals surface area contributed by atoms with Gasteiger partial charge in [-0.1, -0.05) is 249 Å². The zero-order chi connectivity index (χ0) is 58.5. The molecule has 89 heavy (non-hydrogen) atoms. The topological polar surface area (TPSA) is 32.3 Å². The van der Waals surface area contributed by atoms with E-state index in [0.29, 0.717) is 5.82 Å². The molecule has 5 heteroatoms. The summed E-state index contributed by atoms with van der Waals surface area (Å²) in [5.41, 5.74) is 23.2. The van der Waals surface area contributed by atoms with Crippen molar-refractivity contribution in [2.75, 3.05) is 9.80 Å². The van der Waals surface area contributed by atoms with E-state index >= 15 is 0 Å². The molecule has 0 saturated carbocycles. The van der Waals surface area contributed by atoms with E-state index in [2.05, 4.69) is 331 Å². The number of hydrogen-bond acceptors (Lipinski definition) is 4. The van der Waals surface area contributed by atoms with Crippen molar-refractivity contribution in [2.45, 2.75) is 0 Å². The number of hydrogen-bond donors (Lipinski definition) is 0. The van der Waals surface area contributed by atoms with Crippen molar-refractivity contribution in [1.82, 2.24) is 9.97 Å². The molecule has 1 aromatic heterocycles. The maximum atomic E-state index is 5.84. The molecule has 412 valence electrons. The molecule has 0 bridgehead atoms. The molecule has 2 aliphatic heterocycles. The first-order valence-electron chi connectivity index (χ1n) is 30.6. The maximum Gasteiger partial charge on any atom is 0.252 e. The van der Waals surface area contributed by atoms with Crippen LogP contribution >= 0.6 is 0 Å². The molecule has 3 heterocycles. The van der Waals surface area contributed by atoms with Crippen molar-refractivity contribution in [1.29, 1.82) is 0 Å². The average molecular weight is 1130 g/mol. The Morgan fingerprint density at radius 1 is 0.236 bits per heavy atom. The minimum atomic E-state index is -0.180. The van der Waals surface area contributed by atoms with E-state index in [1.54, 1.807) is 0 Å². The van der Waals surface area contributed by atoms with E-state index in [9.17, 15) is 0 Å². The van der Waals surface area contributed by atoms with Gasteiger partial charge in [0, 0.05) is 50.6 Å². The molecular weight excluding hydrogens is 1080 g/mol. The van der Waals surface area contributed by atoms with Crippen LogP contribution in [-0.4, -0.2) is 16.7 Å². The highest BCUT2D eigenvalue weighted by atomic mass is 15.2. The lowest BCUT2D eigenvalue weighted by Gasteiger charge is -2.44. The number of fused-ring (bicyclic) bond motifs is 11. The number of para-hydroxylation sites is 1. The van der Waals surface area contributed by atoms with Crippen molar-refractivity contribution in [2.24, 2.45) is 0 Å². The first-order chi connectivity index (χ1) is 44.1. The molecule has 0 radical (unpaired) electrons. The van der Waals surface area contributed by atoms with Gasteiger partial charge in [-0.2, -0.15) is 0 Å².